The highest BCUT2D eigenvalue weighted by Crippen LogP contribution is 2.34. The molecule has 0 bridgehead atoms. The van der Waals surface area contributed by atoms with Crippen LogP contribution in [0.2, 0.25) is 0 Å². The number of nitrogens with two attached hydrogens (primary N) is 1. The number of hydrogen-bond donors (Lipinski definition) is 3. The van der Waals surface area contributed by atoms with Gasteiger partial charge in [0.1, 0.15) is 6.10 Å². The van der Waals surface area contributed by atoms with Crippen LogP contribution in [0.5, 0.6) is 0 Å². The highest BCUT2D eigenvalue weighted by Gasteiger charge is 2.32. The number of non-ortho nitro benzene ring substituents is 1. The average Bonchev–Trinajstić information content (AvgIpc) is 3.00. The molecule has 9 nitrogen and oxygen atoms in total. The summed E-state index contributed by atoms with van der Waals surface area (Å²) in [6.07, 6.45) is -0.364. The number of carbonyl (C=O) groups is 1. The van der Waals surface area contributed by atoms with Crippen molar-refractivity contribution in [3.63, 3.8) is 0 Å². The Morgan fingerprint density at radius 2 is 2.07 bits per heavy atom. The first-order chi connectivity index (χ1) is 13.0. The number of rotatable bonds is 5. The number of cyclic esters (lactones) is 1. The van der Waals surface area contributed by atoms with Crippen molar-refractivity contribution in [3.05, 3.63) is 75.3 Å². The summed E-state index contributed by atoms with van der Waals surface area (Å²) in [5.74, 6) is 4.81. The van der Waals surface area contributed by atoms with Crippen molar-refractivity contribution in [1.82, 2.24) is 10.9 Å². The SMILES string of the molecule is NNC(=S)N/N=C(/CC1OC(=O)c2ccccc21)c1cccc([N+](=O)[O-])c1. The summed E-state index contributed by atoms with van der Waals surface area (Å²) in [6.45, 7) is 0. The molecule has 0 aromatic heterocycles. The number of nitrogens with one attached hydrogen (secondary N) is 2. The molecule has 27 heavy (non-hydrogen) atoms. The first-order valence-electron chi connectivity index (χ1n) is 7.87. The summed E-state index contributed by atoms with van der Waals surface area (Å²) in [5, 5.41) is 15.3. The van der Waals surface area contributed by atoms with E-state index in [0.717, 1.165) is 5.56 Å². The number of fused-ring (bicyclic) bond motifs is 1. The third kappa shape index (κ3) is 4.07. The van der Waals surface area contributed by atoms with Crippen LogP contribution in [0.4, 0.5) is 5.69 Å². The molecule has 2 aromatic rings. The van der Waals surface area contributed by atoms with Crippen molar-refractivity contribution in [1.29, 1.82) is 0 Å². The van der Waals surface area contributed by atoms with E-state index in [0.29, 0.717) is 16.8 Å². The number of thiocarbonyl (C=S) groups is 1. The normalized spacial score (nSPS) is 15.7. The first kappa shape index (κ1) is 18.4. The van der Waals surface area contributed by atoms with Gasteiger partial charge < -0.3 is 4.74 Å². The van der Waals surface area contributed by atoms with E-state index in [4.69, 9.17) is 22.8 Å². The Kier molecular flexibility index (Phi) is 5.38. The van der Waals surface area contributed by atoms with Gasteiger partial charge in [0.25, 0.3) is 5.69 Å². The molecule has 3 rings (SSSR count). The van der Waals surface area contributed by atoms with Gasteiger partial charge in [-0.05, 0) is 18.3 Å². The van der Waals surface area contributed by atoms with Crippen molar-refractivity contribution >= 4 is 34.7 Å². The first-order valence-corrected chi connectivity index (χ1v) is 8.28. The summed E-state index contributed by atoms with van der Waals surface area (Å²) in [7, 11) is 0. The molecule has 2 aromatic carbocycles. The summed E-state index contributed by atoms with van der Waals surface area (Å²) < 4.78 is 5.44. The molecular formula is C17H15N5O4S. The minimum Gasteiger partial charge on any atom is -0.453 e. The van der Waals surface area contributed by atoms with Gasteiger partial charge in [-0.2, -0.15) is 5.10 Å². The maximum atomic E-state index is 12.0. The van der Waals surface area contributed by atoms with Gasteiger partial charge >= 0.3 is 5.97 Å². The lowest BCUT2D eigenvalue weighted by Gasteiger charge is -2.14. The fourth-order valence-corrected chi connectivity index (χ4v) is 2.77. The fraction of sp³-hybridized carbons (Fsp3) is 0.118. The second kappa shape index (κ2) is 7.89. The molecular weight excluding hydrogens is 370 g/mol. The van der Waals surface area contributed by atoms with Crippen molar-refractivity contribution in [2.45, 2.75) is 12.5 Å². The summed E-state index contributed by atoms with van der Waals surface area (Å²) in [6, 6.07) is 13.1. The zero-order valence-corrected chi connectivity index (χ0v) is 14.7. The van der Waals surface area contributed by atoms with Gasteiger partial charge in [-0.25, -0.2) is 10.6 Å². The molecule has 1 unspecified atom stereocenters. The zero-order valence-electron chi connectivity index (χ0n) is 13.9. The third-order valence-corrected chi connectivity index (χ3v) is 4.18. The fourth-order valence-electron chi connectivity index (χ4n) is 2.72. The van der Waals surface area contributed by atoms with E-state index >= 15 is 0 Å². The van der Waals surface area contributed by atoms with Gasteiger partial charge in [-0.1, -0.05) is 30.3 Å². The molecule has 1 heterocycles. The molecule has 0 spiro atoms. The van der Waals surface area contributed by atoms with E-state index in [1.807, 2.05) is 6.07 Å². The topological polar surface area (TPSA) is 132 Å². The quantitative estimate of drug-likeness (QED) is 0.178. The molecule has 0 fully saturated rings. The summed E-state index contributed by atoms with van der Waals surface area (Å²) >= 11 is 4.91. The van der Waals surface area contributed by atoms with Crippen molar-refractivity contribution in [2.75, 3.05) is 0 Å². The minimum absolute atomic E-state index is 0.0711. The van der Waals surface area contributed by atoms with Gasteiger partial charge in [0.05, 0.1) is 16.2 Å². The number of benzene rings is 2. The number of nitro groups is 1. The largest absolute Gasteiger partial charge is 0.453 e. The Balaban J connectivity index is 1.94. The standard InChI is InChI=1S/C17H15N5O4S/c18-19-17(27)21-20-14(10-4-3-5-11(8-10)22(24)25)9-15-12-6-1-2-7-13(12)16(23)26-15/h1-8,15H,9,18H2,(H2,19,21,27)/b20-14-. The maximum absolute atomic E-state index is 12.0. The number of esters is 1. The predicted octanol–water partition coefficient (Wildman–Crippen LogP) is 1.94. The van der Waals surface area contributed by atoms with Crippen LogP contribution in [0, 0.1) is 10.1 Å². The second-order valence-electron chi connectivity index (χ2n) is 5.64. The molecule has 1 aliphatic rings. The highest BCUT2D eigenvalue weighted by atomic mass is 32.1. The van der Waals surface area contributed by atoms with Crippen LogP contribution in [-0.2, 0) is 4.74 Å². The van der Waals surface area contributed by atoms with Crippen molar-refractivity contribution < 1.29 is 14.5 Å². The lowest BCUT2D eigenvalue weighted by molar-refractivity contribution is -0.384. The lowest BCUT2D eigenvalue weighted by atomic mass is 9.98. The van der Waals surface area contributed by atoms with E-state index < -0.39 is 17.0 Å². The number of carbonyl (C=O) groups excluding carboxylic acids is 1. The Labute approximate surface area is 159 Å². The number of hydrazine groups is 1. The Morgan fingerprint density at radius 1 is 1.30 bits per heavy atom. The van der Waals surface area contributed by atoms with Gasteiger partial charge in [-0.3, -0.25) is 21.0 Å². The number of ether oxygens (including phenoxy) is 1. The predicted molar refractivity (Wildman–Crippen MR) is 102 cm³/mol. The highest BCUT2D eigenvalue weighted by molar-refractivity contribution is 7.80. The molecule has 0 saturated carbocycles. The zero-order chi connectivity index (χ0) is 19.4. The maximum Gasteiger partial charge on any atom is 0.339 e. The van der Waals surface area contributed by atoms with Crippen LogP contribution in [0.15, 0.2) is 53.6 Å². The Bertz CT molecular complexity index is 946. The van der Waals surface area contributed by atoms with E-state index in [-0.39, 0.29) is 17.2 Å². The van der Waals surface area contributed by atoms with E-state index in [2.05, 4.69) is 16.0 Å². The van der Waals surface area contributed by atoms with Gasteiger partial charge in [0.15, 0.2) is 0 Å². The second-order valence-corrected chi connectivity index (χ2v) is 6.04. The van der Waals surface area contributed by atoms with Gasteiger partial charge in [0.2, 0.25) is 5.11 Å². The number of nitrogens with zero attached hydrogens (tertiary/aromatic N) is 2. The molecule has 0 aliphatic carbocycles. The molecule has 0 saturated heterocycles. The lowest BCUT2D eigenvalue weighted by Crippen LogP contribution is -2.37. The molecule has 1 atom stereocenters. The van der Waals surface area contributed by atoms with Crippen LogP contribution in [0.3, 0.4) is 0 Å². The summed E-state index contributed by atoms with van der Waals surface area (Å²) in [5.41, 5.74) is 6.87. The Morgan fingerprint density at radius 3 is 2.81 bits per heavy atom. The van der Waals surface area contributed by atoms with Crippen LogP contribution >= 0.6 is 12.2 Å². The summed E-state index contributed by atoms with van der Waals surface area (Å²) in [4.78, 5) is 22.6. The van der Waals surface area contributed by atoms with E-state index in [9.17, 15) is 14.9 Å². The minimum atomic E-state index is -0.562. The number of hydrazone groups is 1. The number of hydrogen-bond acceptors (Lipinski definition) is 7. The van der Waals surface area contributed by atoms with Crippen LogP contribution in [-0.4, -0.2) is 21.7 Å². The van der Waals surface area contributed by atoms with E-state index in [1.165, 1.54) is 12.1 Å². The van der Waals surface area contributed by atoms with Crippen molar-refractivity contribution in [3.8, 4) is 0 Å². The molecule has 10 heteroatoms. The van der Waals surface area contributed by atoms with Gasteiger partial charge in [-0.15, -0.1) is 0 Å². The molecule has 138 valence electrons. The van der Waals surface area contributed by atoms with Crippen molar-refractivity contribution in [2.24, 2.45) is 10.9 Å². The van der Waals surface area contributed by atoms with Crippen LogP contribution < -0.4 is 16.7 Å². The van der Waals surface area contributed by atoms with Crippen LogP contribution in [0.1, 0.15) is 34.0 Å². The van der Waals surface area contributed by atoms with Crippen LogP contribution in [0.25, 0.3) is 0 Å². The third-order valence-electron chi connectivity index (χ3n) is 3.97. The smallest absolute Gasteiger partial charge is 0.339 e. The molecule has 0 amide bonds. The molecule has 0 radical (unpaired) electrons. The molecule has 1 aliphatic heterocycles. The van der Waals surface area contributed by atoms with Gasteiger partial charge in [0, 0.05) is 29.7 Å². The Hall–Kier alpha value is -3.37. The van der Waals surface area contributed by atoms with E-state index in [1.54, 1.807) is 30.3 Å². The number of nitro benzene ring substituents is 1. The molecule has 4 N–H and O–H groups in total. The average molecular weight is 385 g/mol. The monoisotopic (exact) mass is 385 g/mol.